The number of aromatic nitrogens is 1. The van der Waals surface area contributed by atoms with Gasteiger partial charge in [0.15, 0.2) is 0 Å². The first kappa shape index (κ1) is 15.4. The second-order valence-electron chi connectivity index (χ2n) is 4.67. The molecule has 108 valence electrons. The second kappa shape index (κ2) is 6.16. The van der Waals surface area contributed by atoms with E-state index in [1.54, 1.807) is 31.3 Å². The monoisotopic (exact) mass is 332 g/mol. The number of halogens is 2. The molecule has 2 rings (SSSR count). The third-order valence-corrected chi connectivity index (χ3v) is 4.99. The Balaban J connectivity index is 2.38. The summed E-state index contributed by atoms with van der Waals surface area (Å²) in [6, 6.07) is 6.89. The van der Waals surface area contributed by atoms with Crippen LogP contribution in [0.5, 0.6) is 0 Å². The van der Waals surface area contributed by atoms with Gasteiger partial charge in [0.25, 0.3) is 0 Å². The maximum absolute atomic E-state index is 12.1. The van der Waals surface area contributed by atoms with Crippen molar-refractivity contribution in [3.63, 3.8) is 0 Å². The first-order valence-corrected chi connectivity index (χ1v) is 8.58. The average Bonchev–Trinajstić information content (AvgIpc) is 2.37. The van der Waals surface area contributed by atoms with E-state index in [1.165, 1.54) is 0 Å². The maximum atomic E-state index is 12.1. The summed E-state index contributed by atoms with van der Waals surface area (Å²) in [7, 11) is -3.49. The summed E-state index contributed by atoms with van der Waals surface area (Å²) in [4.78, 5) is 4.19. The van der Waals surface area contributed by atoms with Gasteiger partial charge in [-0.15, -0.1) is 11.6 Å². The minimum Gasteiger partial charge on any atom is -0.281 e. The van der Waals surface area contributed by atoms with Crippen molar-refractivity contribution in [2.45, 2.75) is 6.92 Å². The number of hydrogen-bond acceptors (Lipinski definition) is 3. The van der Waals surface area contributed by atoms with E-state index in [4.69, 9.17) is 23.2 Å². The van der Waals surface area contributed by atoms with Gasteiger partial charge in [-0.2, -0.15) is 0 Å². The van der Waals surface area contributed by atoms with Crippen LogP contribution >= 0.6 is 23.2 Å². The standard InChI is InChI=1S/C13H14Cl2N2O2S/c1-9(7-14)8-20(18,19)17-12-6-11(15)5-10-3-2-4-16-13(10)12/h2-6,9,17H,7-8H2,1H3. The molecule has 0 radical (unpaired) electrons. The summed E-state index contributed by atoms with van der Waals surface area (Å²) in [5, 5.41) is 1.23. The molecule has 20 heavy (non-hydrogen) atoms. The number of fused-ring (bicyclic) bond motifs is 1. The number of sulfonamides is 1. The first-order chi connectivity index (χ1) is 9.41. The Hall–Kier alpha value is -1.04. The number of hydrogen-bond donors (Lipinski definition) is 1. The van der Waals surface area contributed by atoms with Crippen LogP contribution < -0.4 is 4.72 Å². The Morgan fingerprint density at radius 2 is 2.15 bits per heavy atom. The predicted molar refractivity (Wildman–Crippen MR) is 84.0 cm³/mol. The molecule has 0 aliphatic rings. The fourth-order valence-electron chi connectivity index (χ4n) is 1.86. The SMILES string of the molecule is CC(CCl)CS(=O)(=O)Nc1cc(Cl)cc2cccnc12. The van der Waals surface area contributed by atoms with Crippen LogP contribution in [0.25, 0.3) is 10.9 Å². The van der Waals surface area contributed by atoms with Crippen LogP contribution in [-0.2, 0) is 10.0 Å². The quantitative estimate of drug-likeness (QED) is 0.852. The smallest absolute Gasteiger partial charge is 0.233 e. The molecule has 1 atom stereocenters. The van der Waals surface area contributed by atoms with Gasteiger partial charge in [0.2, 0.25) is 10.0 Å². The summed E-state index contributed by atoms with van der Waals surface area (Å²) < 4.78 is 26.7. The lowest BCUT2D eigenvalue weighted by Gasteiger charge is -2.13. The number of rotatable bonds is 5. The van der Waals surface area contributed by atoms with Crippen molar-refractivity contribution in [2.24, 2.45) is 5.92 Å². The molecule has 0 spiro atoms. The lowest BCUT2D eigenvalue weighted by atomic mass is 10.2. The van der Waals surface area contributed by atoms with Crippen LogP contribution in [0.2, 0.25) is 5.02 Å². The largest absolute Gasteiger partial charge is 0.281 e. The molecular formula is C13H14Cl2N2O2S. The van der Waals surface area contributed by atoms with E-state index in [-0.39, 0.29) is 17.6 Å². The first-order valence-electron chi connectivity index (χ1n) is 6.02. The van der Waals surface area contributed by atoms with E-state index in [1.807, 2.05) is 6.07 Å². The van der Waals surface area contributed by atoms with Crippen LogP contribution in [0.1, 0.15) is 6.92 Å². The van der Waals surface area contributed by atoms with Crippen molar-refractivity contribution < 1.29 is 8.42 Å². The topological polar surface area (TPSA) is 59.1 Å². The van der Waals surface area contributed by atoms with E-state index in [2.05, 4.69) is 9.71 Å². The normalized spacial score (nSPS) is 13.3. The van der Waals surface area contributed by atoms with Gasteiger partial charge in [-0.05, 0) is 24.1 Å². The second-order valence-corrected chi connectivity index (χ2v) is 7.18. The summed E-state index contributed by atoms with van der Waals surface area (Å²) in [5.74, 6) is 0.111. The van der Waals surface area contributed by atoms with Crippen molar-refractivity contribution in [1.82, 2.24) is 4.98 Å². The Kier molecular flexibility index (Phi) is 4.73. The Labute approximate surface area is 128 Å². The molecule has 0 saturated heterocycles. The predicted octanol–water partition coefficient (Wildman–Crippen LogP) is 3.50. The van der Waals surface area contributed by atoms with Crippen molar-refractivity contribution in [1.29, 1.82) is 0 Å². The van der Waals surface area contributed by atoms with E-state index < -0.39 is 10.0 Å². The molecule has 1 aromatic heterocycles. The minimum atomic E-state index is -3.49. The Bertz CT molecular complexity index is 719. The number of alkyl halides is 1. The summed E-state index contributed by atoms with van der Waals surface area (Å²) in [6.45, 7) is 1.78. The van der Waals surface area contributed by atoms with E-state index >= 15 is 0 Å². The van der Waals surface area contributed by atoms with Gasteiger partial charge in [-0.1, -0.05) is 24.6 Å². The lowest BCUT2D eigenvalue weighted by molar-refractivity contribution is 0.588. The summed E-state index contributed by atoms with van der Waals surface area (Å²) in [5.41, 5.74) is 0.953. The zero-order chi connectivity index (χ0) is 14.8. The van der Waals surface area contributed by atoms with Crippen LogP contribution in [-0.4, -0.2) is 25.0 Å². The van der Waals surface area contributed by atoms with Gasteiger partial charge in [-0.3, -0.25) is 9.71 Å². The number of pyridine rings is 1. The van der Waals surface area contributed by atoms with E-state index in [0.717, 1.165) is 5.39 Å². The zero-order valence-electron chi connectivity index (χ0n) is 10.8. The highest BCUT2D eigenvalue weighted by Gasteiger charge is 2.17. The minimum absolute atomic E-state index is 0.0443. The van der Waals surface area contributed by atoms with Crippen molar-refractivity contribution in [3.05, 3.63) is 35.5 Å². The Morgan fingerprint density at radius 3 is 2.85 bits per heavy atom. The fraction of sp³-hybridized carbons (Fsp3) is 0.308. The molecule has 1 aromatic carbocycles. The van der Waals surface area contributed by atoms with Gasteiger partial charge in [0.05, 0.1) is 17.0 Å². The van der Waals surface area contributed by atoms with Gasteiger partial charge in [0, 0.05) is 22.5 Å². The van der Waals surface area contributed by atoms with Crippen LogP contribution in [0.4, 0.5) is 5.69 Å². The zero-order valence-corrected chi connectivity index (χ0v) is 13.1. The molecule has 7 heteroatoms. The molecule has 1 unspecified atom stereocenters. The molecule has 0 fully saturated rings. The van der Waals surface area contributed by atoms with Crippen molar-refractivity contribution >= 4 is 49.8 Å². The molecule has 1 heterocycles. The lowest BCUT2D eigenvalue weighted by Crippen LogP contribution is -2.22. The number of nitrogens with one attached hydrogen (secondary N) is 1. The van der Waals surface area contributed by atoms with Gasteiger partial charge in [0.1, 0.15) is 0 Å². The number of benzene rings is 1. The highest BCUT2D eigenvalue weighted by Crippen LogP contribution is 2.27. The molecule has 0 aliphatic carbocycles. The third-order valence-electron chi connectivity index (χ3n) is 2.70. The van der Waals surface area contributed by atoms with E-state index in [0.29, 0.717) is 16.2 Å². The summed E-state index contributed by atoms with van der Waals surface area (Å²) >= 11 is 11.7. The molecule has 0 bridgehead atoms. The van der Waals surface area contributed by atoms with Crippen molar-refractivity contribution in [2.75, 3.05) is 16.4 Å². The molecular weight excluding hydrogens is 319 g/mol. The third kappa shape index (κ3) is 3.75. The maximum Gasteiger partial charge on any atom is 0.233 e. The highest BCUT2D eigenvalue weighted by molar-refractivity contribution is 7.92. The number of anilines is 1. The van der Waals surface area contributed by atoms with Crippen molar-refractivity contribution in [3.8, 4) is 0 Å². The molecule has 0 saturated carbocycles. The molecule has 0 amide bonds. The van der Waals surface area contributed by atoms with Gasteiger partial charge >= 0.3 is 0 Å². The average molecular weight is 333 g/mol. The van der Waals surface area contributed by atoms with Gasteiger partial charge < -0.3 is 0 Å². The molecule has 4 nitrogen and oxygen atoms in total. The van der Waals surface area contributed by atoms with Crippen LogP contribution in [0.15, 0.2) is 30.5 Å². The van der Waals surface area contributed by atoms with Gasteiger partial charge in [-0.25, -0.2) is 8.42 Å². The molecule has 1 N–H and O–H groups in total. The highest BCUT2D eigenvalue weighted by atomic mass is 35.5. The summed E-state index contributed by atoms with van der Waals surface area (Å²) in [6.07, 6.45) is 1.61. The molecule has 0 aliphatic heterocycles. The Morgan fingerprint density at radius 1 is 1.40 bits per heavy atom. The number of nitrogens with zero attached hydrogens (tertiary/aromatic N) is 1. The molecule has 2 aromatic rings. The fourth-order valence-corrected chi connectivity index (χ4v) is 3.77. The van der Waals surface area contributed by atoms with E-state index in [9.17, 15) is 8.42 Å². The van der Waals surface area contributed by atoms with Crippen LogP contribution in [0.3, 0.4) is 0 Å². The van der Waals surface area contributed by atoms with Crippen LogP contribution in [0, 0.1) is 5.92 Å².